The molecular formula is C19H19BrN2O4. The number of furan rings is 1. The fourth-order valence-electron chi connectivity index (χ4n) is 2.69. The fraction of sp³-hybridized carbons (Fsp3) is 0.263. The molecule has 0 aliphatic carbocycles. The van der Waals surface area contributed by atoms with Gasteiger partial charge in [-0.2, -0.15) is 0 Å². The maximum atomic E-state index is 12.5. The molecule has 2 heterocycles. The van der Waals surface area contributed by atoms with Gasteiger partial charge in [0.25, 0.3) is 5.91 Å². The number of halogens is 1. The van der Waals surface area contributed by atoms with Crippen LogP contribution in [0.15, 0.2) is 54.5 Å². The smallest absolute Gasteiger partial charge is 0.287 e. The summed E-state index contributed by atoms with van der Waals surface area (Å²) in [5.41, 5.74) is 0.111. The van der Waals surface area contributed by atoms with Crippen LogP contribution in [0.3, 0.4) is 0 Å². The summed E-state index contributed by atoms with van der Waals surface area (Å²) in [5.74, 6) is 1.11. The van der Waals surface area contributed by atoms with Crippen molar-refractivity contribution in [2.24, 2.45) is 0 Å². The molecule has 0 bridgehead atoms. The van der Waals surface area contributed by atoms with Gasteiger partial charge in [0.05, 0.1) is 11.4 Å². The van der Waals surface area contributed by atoms with E-state index in [2.05, 4.69) is 21.2 Å². The number of carbonyl (C=O) groups excluding carboxylic acids is 1. The van der Waals surface area contributed by atoms with Crippen LogP contribution in [0, 0.1) is 6.92 Å². The minimum absolute atomic E-state index is 0.0158. The molecule has 0 unspecified atom stereocenters. The Morgan fingerprint density at radius 1 is 1.19 bits per heavy atom. The van der Waals surface area contributed by atoms with E-state index in [4.69, 9.17) is 8.83 Å². The Morgan fingerprint density at radius 3 is 2.62 bits per heavy atom. The first-order chi connectivity index (χ1) is 12.3. The van der Waals surface area contributed by atoms with Gasteiger partial charge in [0.2, 0.25) is 0 Å². The summed E-state index contributed by atoms with van der Waals surface area (Å²) in [4.78, 5) is 26.7. The number of nitrogens with zero attached hydrogens (tertiary/aromatic N) is 1. The quantitative estimate of drug-likeness (QED) is 0.686. The van der Waals surface area contributed by atoms with Crippen LogP contribution >= 0.6 is 15.9 Å². The molecule has 1 N–H and O–H groups in total. The lowest BCUT2D eigenvalue weighted by molar-refractivity contribution is 0.0911. The Labute approximate surface area is 158 Å². The van der Waals surface area contributed by atoms with Gasteiger partial charge in [-0.1, -0.05) is 15.9 Å². The Bertz CT molecular complexity index is 1010. The Morgan fingerprint density at radius 2 is 1.96 bits per heavy atom. The third kappa shape index (κ3) is 3.89. The van der Waals surface area contributed by atoms with Gasteiger partial charge < -0.3 is 14.2 Å². The average Bonchev–Trinajstić information content (AvgIpc) is 3.01. The van der Waals surface area contributed by atoms with Gasteiger partial charge in [-0.25, -0.2) is 0 Å². The molecule has 0 radical (unpaired) electrons. The monoisotopic (exact) mass is 418 g/mol. The molecule has 26 heavy (non-hydrogen) atoms. The minimum Gasteiger partial charge on any atom is -0.465 e. The van der Waals surface area contributed by atoms with E-state index in [0.717, 1.165) is 16.0 Å². The van der Waals surface area contributed by atoms with Crippen LogP contribution in [0.5, 0.6) is 0 Å². The molecule has 0 aliphatic heterocycles. The first kappa shape index (κ1) is 18.4. The summed E-state index contributed by atoms with van der Waals surface area (Å²) in [6.45, 7) is 2.19. The van der Waals surface area contributed by atoms with Crippen molar-refractivity contribution in [3.8, 4) is 0 Å². The lowest BCUT2D eigenvalue weighted by Gasteiger charge is -2.22. The van der Waals surface area contributed by atoms with Crippen molar-refractivity contribution in [3.63, 3.8) is 0 Å². The fourth-order valence-corrected chi connectivity index (χ4v) is 3.05. The highest BCUT2D eigenvalue weighted by atomic mass is 79.9. The van der Waals surface area contributed by atoms with Crippen molar-refractivity contribution < 1.29 is 13.6 Å². The van der Waals surface area contributed by atoms with Crippen LogP contribution in [0.2, 0.25) is 0 Å². The van der Waals surface area contributed by atoms with Crippen molar-refractivity contribution in [1.29, 1.82) is 0 Å². The van der Waals surface area contributed by atoms with Gasteiger partial charge in [-0.05, 0) is 51.4 Å². The zero-order chi connectivity index (χ0) is 18.8. The summed E-state index contributed by atoms with van der Waals surface area (Å²) < 4.78 is 12.0. The second-order valence-electron chi connectivity index (χ2n) is 6.25. The highest BCUT2D eigenvalue weighted by molar-refractivity contribution is 9.10. The van der Waals surface area contributed by atoms with Crippen LogP contribution in [-0.4, -0.2) is 31.4 Å². The second kappa shape index (κ2) is 7.47. The second-order valence-corrected chi connectivity index (χ2v) is 7.17. The minimum atomic E-state index is -0.443. The standard InChI is InChI=1S/C19H19BrN2O4/c1-11-4-6-17(25-11)14(22(2)3)10-21-19(24)18-9-15(23)13-8-12(20)5-7-16(13)26-18/h4-9,14H,10H2,1-3H3,(H,21,24)/t14-/m1/s1. The topological polar surface area (TPSA) is 75.7 Å². The highest BCUT2D eigenvalue weighted by Crippen LogP contribution is 2.21. The number of benzene rings is 1. The SMILES string of the molecule is Cc1ccc([C@@H](CNC(=O)c2cc(=O)c3cc(Br)ccc3o2)N(C)C)o1. The first-order valence-corrected chi connectivity index (χ1v) is 8.89. The molecular weight excluding hydrogens is 400 g/mol. The van der Waals surface area contributed by atoms with Gasteiger partial charge in [0, 0.05) is 17.1 Å². The number of likely N-dealkylation sites (N-methyl/N-ethyl adjacent to an activating group) is 1. The van der Waals surface area contributed by atoms with Crippen LogP contribution in [0.1, 0.15) is 28.1 Å². The summed E-state index contributed by atoms with van der Waals surface area (Å²) >= 11 is 3.32. The number of nitrogens with one attached hydrogen (secondary N) is 1. The Balaban J connectivity index is 1.80. The summed E-state index contributed by atoms with van der Waals surface area (Å²) in [6, 6.07) is 9.94. The van der Waals surface area contributed by atoms with Gasteiger partial charge in [-0.3, -0.25) is 14.5 Å². The average molecular weight is 419 g/mol. The molecule has 2 aromatic heterocycles. The van der Waals surface area contributed by atoms with Gasteiger partial charge in [0.1, 0.15) is 17.1 Å². The number of carbonyl (C=O) groups is 1. The zero-order valence-electron chi connectivity index (χ0n) is 14.7. The number of amides is 1. The van der Waals surface area contributed by atoms with E-state index < -0.39 is 5.91 Å². The van der Waals surface area contributed by atoms with E-state index in [9.17, 15) is 9.59 Å². The molecule has 136 valence electrons. The first-order valence-electron chi connectivity index (χ1n) is 8.09. The van der Waals surface area contributed by atoms with E-state index in [-0.39, 0.29) is 17.2 Å². The van der Waals surface area contributed by atoms with E-state index in [0.29, 0.717) is 17.5 Å². The zero-order valence-corrected chi connectivity index (χ0v) is 16.3. The van der Waals surface area contributed by atoms with E-state index in [1.807, 2.05) is 38.1 Å². The van der Waals surface area contributed by atoms with Crippen molar-refractivity contribution in [2.75, 3.05) is 20.6 Å². The van der Waals surface area contributed by atoms with E-state index >= 15 is 0 Å². The molecule has 0 saturated carbocycles. The van der Waals surface area contributed by atoms with Gasteiger partial charge in [0.15, 0.2) is 11.2 Å². The number of hydrogen-bond acceptors (Lipinski definition) is 5. The lowest BCUT2D eigenvalue weighted by Crippen LogP contribution is -2.34. The highest BCUT2D eigenvalue weighted by Gasteiger charge is 2.20. The normalized spacial score (nSPS) is 12.5. The summed E-state index contributed by atoms with van der Waals surface area (Å²) in [7, 11) is 3.81. The number of aryl methyl sites for hydroxylation is 1. The molecule has 0 fully saturated rings. The molecule has 0 saturated heterocycles. The largest absolute Gasteiger partial charge is 0.465 e. The van der Waals surface area contributed by atoms with Crippen molar-refractivity contribution in [1.82, 2.24) is 10.2 Å². The molecule has 1 atom stereocenters. The number of hydrogen-bond donors (Lipinski definition) is 1. The summed E-state index contributed by atoms with van der Waals surface area (Å²) in [6.07, 6.45) is 0. The van der Waals surface area contributed by atoms with Crippen LogP contribution in [0.4, 0.5) is 0 Å². The van der Waals surface area contributed by atoms with Gasteiger partial charge >= 0.3 is 0 Å². The predicted octanol–water partition coefficient (Wildman–Crippen LogP) is 3.49. The van der Waals surface area contributed by atoms with E-state index in [1.54, 1.807) is 18.2 Å². The van der Waals surface area contributed by atoms with Gasteiger partial charge in [-0.15, -0.1) is 0 Å². The molecule has 1 amide bonds. The molecule has 3 rings (SSSR count). The van der Waals surface area contributed by atoms with Crippen LogP contribution < -0.4 is 10.7 Å². The third-order valence-electron chi connectivity index (χ3n) is 4.08. The van der Waals surface area contributed by atoms with Crippen LogP contribution in [-0.2, 0) is 0 Å². The Hall–Kier alpha value is -2.38. The lowest BCUT2D eigenvalue weighted by atomic mass is 10.2. The maximum absolute atomic E-state index is 12.5. The molecule has 7 heteroatoms. The molecule has 1 aromatic carbocycles. The third-order valence-corrected chi connectivity index (χ3v) is 4.58. The summed E-state index contributed by atoms with van der Waals surface area (Å²) in [5, 5.41) is 3.23. The number of rotatable bonds is 5. The molecule has 0 aliphatic rings. The molecule has 6 nitrogen and oxygen atoms in total. The van der Waals surface area contributed by atoms with E-state index in [1.165, 1.54) is 6.07 Å². The number of fused-ring (bicyclic) bond motifs is 1. The predicted molar refractivity (Wildman–Crippen MR) is 102 cm³/mol. The van der Waals surface area contributed by atoms with Crippen molar-refractivity contribution >= 4 is 32.8 Å². The molecule has 0 spiro atoms. The van der Waals surface area contributed by atoms with Crippen molar-refractivity contribution in [2.45, 2.75) is 13.0 Å². The van der Waals surface area contributed by atoms with Crippen molar-refractivity contribution in [3.05, 3.63) is 68.4 Å². The maximum Gasteiger partial charge on any atom is 0.287 e. The van der Waals surface area contributed by atoms with Crippen LogP contribution in [0.25, 0.3) is 11.0 Å². The Kier molecular flexibility index (Phi) is 5.29. The molecule has 3 aromatic rings.